The summed E-state index contributed by atoms with van der Waals surface area (Å²) >= 11 is 1.30. The average molecular weight is 184 g/mol. The van der Waals surface area contributed by atoms with E-state index >= 15 is 0 Å². The van der Waals surface area contributed by atoms with E-state index in [1.165, 1.54) is 11.3 Å². The molecule has 2 N–H and O–H groups in total. The van der Waals surface area contributed by atoms with Crippen molar-refractivity contribution in [1.29, 1.82) is 0 Å². The third kappa shape index (κ3) is 1.91. The lowest BCUT2D eigenvalue weighted by Gasteiger charge is -2.01. The van der Waals surface area contributed by atoms with Gasteiger partial charge in [0.25, 0.3) is 0 Å². The van der Waals surface area contributed by atoms with Gasteiger partial charge in [-0.05, 0) is 12.8 Å². The summed E-state index contributed by atoms with van der Waals surface area (Å²) in [7, 11) is 0. The molecule has 2 rings (SSSR count). The Balaban J connectivity index is 1.82. The van der Waals surface area contributed by atoms with E-state index in [1.54, 1.807) is 5.51 Å². The number of nitrogens with zero attached hydrogens (tertiary/aromatic N) is 2. The van der Waals surface area contributed by atoms with Crippen molar-refractivity contribution >= 4 is 22.5 Å². The first-order valence-corrected chi connectivity index (χ1v) is 4.56. The second-order valence-electron chi connectivity index (χ2n) is 2.62. The quantitative estimate of drug-likeness (QED) is 0.715. The molecule has 1 saturated carbocycles. The number of amides is 2. The molecule has 0 atom stereocenters. The van der Waals surface area contributed by atoms with Crippen molar-refractivity contribution in [3.63, 3.8) is 0 Å². The van der Waals surface area contributed by atoms with Gasteiger partial charge in [-0.3, -0.25) is 5.32 Å². The van der Waals surface area contributed by atoms with Gasteiger partial charge in [0.1, 0.15) is 5.51 Å². The summed E-state index contributed by atoms with van der Waals surface area (Å²) in [5.74, 6) is 0. The zero-order chi connectivity index (χ0) is 8.39. The second-order valence-corrected chi connectivity index (χ2v) is 3.45. The highest BCUT2D eigenvalue weighted by atomic mass is 32.1. The smallest absolute Gasteiger partial charge is 0.321 e. The highest BCUT2D eigenvalue weighted by Gasteiger charge is 2.23. The minimum absolute atomic E-state index is 0.186. The topological polar surface area (TPSA) is 66.9 Å². The zero-order valence-electron chi connectivity index (χ0n) is 6.28. The summed E-state index contributed by atoms with van der Waals surface area (Å²) in [5, 5.41) is 13.2. The number of hydrogen-bond acceptors (Lipinski definition) is 4. The van der Waals surface area contributed by atoms with Crippen molar-refractivity contribution in [2.45, 2.75) is 18.9 Å². The van der Waals surface area contributed by atoms with Crippen LogP contribution in [-0.4, -0.2) is 22.3 Å². The molecule has 5 nitrogen and oxygen atoms in total. The van der Waals surface area contributed by atoms with Gasteiger partial charge in [0.15, 0.2) is 0 Å². The van der Waals surface area contributed by atoms with Crippen LogP contribution in [-0.2, 0) is 0 Å². The molecule has 0 aliphatic heterocycles. The average Bonchev–Trinajstić information content (AvgIpc) is 2.66. The predicted octanol–water partition coefficient (Wildman–Crippen LogP) is 0.822. The monoisotopic (exact) mass is 184 g/mol. The van der Waals surface area contributed by atoms with Crippen LogP contribution in [0.25, 0.3) is 0 Å². The molecule has 2 amide bonds. The van der Waals surface area contributed by atoms with Crippen LogP contribution >= 0.6 is 11.3 Å². The van der Waals surface area contributed by atoms with Crippen molar-refractivity contribution in [1.82, 2.24) is 15.5 Å². The van der Waals surface area contributed by atoms with E-state index in [-0.39, 0.29) is 6.03 Å². The third-order valence-electron chi connectivity index (χ3n) is 1.49. The number of nitrogens with one attached hydrogen (secondary N) is 2. The van der Waals surface area contributed by atoms with E-state index in [0.717, 1.165) is 12.8 Å². The van der Waals surface area contributed by atoms with Crippen LogP contribution in [0, 0.1) is 0 Å². The van der Waals surface area contributed by atoms with Crippen LogP contribution in [0.5, 0.6) is 0 Å². The van der Waals surface area contributed by atoms with Gasteiger partial charge in [0.05, 0.1) is 0 Å². The Morgan fingerprint density at radius 1 is 1.67 bits per heavy atom. The van der Waals surface area contributed by atoms with Crippen molar-refractivity contribution in [3.05, 3.63) is 5.51 Å². The summed E-state index contributed by atoms with van der Waals surface area (Å²) in [6.07, 6.45) is 2.17. The van der Waals surface area contributed by atoms with Gasteiger partial charge in [-0.1, -0.05) is 11.3 Å². The zero-order valence-corrected chi connectivity index (χ0v) is 7.10. The number of carbonyl (C=O) groups is 1. The maximum absolute atomic E-state index is 11.1. The molecule has 1 aromatic heterocycles. The molecule has 12 heavy (non-hydrogen) atoms. The highest BCUT2D eigenvalue weighted by Crippen LogP contribution is 2.18. The van der Waals surface area contributed by atoms with E-state index in [9.17, 15) is 4.79 Å². The first-order chi connectivity index (χ1) is 5.84. The van der Waals surface area contributed by atoms with Gasteiger partial charge in [-0.2, -0.15) is 0 Å². The fourth-order valence-corrected chi connectivity index (χ4v) is 1.21. The van der Waals surface area contributed by atoms with Crippen molar-refractivity contribution in [2.75, 3.05) is 5.32 Å². The molecule has 1 fully saturated rings. The lowest BCUT2D eigenvalue weighted by atomic mass is 10.7. The van der Waals surface area contributed by atoms with E-state index in [0.29, 0.717) is 11.2 Å². The summed E-state index contributed by atoms with van der Waals surface area (Å²) < 4.78 is 0. The molecular formula is C6H8N4OS. The molecule has 0 aromatic carbocycles. The summed E-state index contributed by atoms with van der Waals surface area (Å²) in [4.78, 5) is 11.1. The Morgan fingerprint density at radius 3 is 3.08 bits per heavy atom. The minimum atomic E-state index is -0.186. The van der Waals surface area contributed by atoms with Gasteiger partial charge >= 0.3 is 6.03 Å². The number of hydrogen-bond donors (Lipinski definition) is 2. The van der Waals surface area contributed by atoms with Crippen molar-refractivity contribution < 1.29 is 4.79 Å². The molecule has 0 radical (unpaired) electrons. The Bertz CT molecular complexity index is 269. The van der Waals surface area contributed by atoms with E-state index in [1.807, 2.05) is 0 Å². The fourth-order valence-electron chi connectivity index (χ4n) is 0.774. The van der Waals surface area contributed by atoms with Gasteiger partial charge in [0.2, 0.25) is 5.13 Å². The lowest BCUT2D eigenvalue weighted by molar-refractivity contribution is 0.251. The highest BCUT2D eigenvalue weighted by molar-refractivity contribution is 7.13. The molecule has 0 bridgehead atoms. The van der Waals surface area contributed by atoms with Crippen LogP contribution in [0.4, 0.5) is 9.93 Å². The summed E-state index contributed by atoms with van der Waals surface area (Å²) in [6.45, 7) is 0. The maximum Gasteiger partial charge on any atom is 0.321 e. The molecule has 6 heteroatoms. The fraction of sp³-hybridized carbons (Fsp3) is 0.500. The normalized spacial score (nSPS) is 15.7. The molecule has 0 saturated heterocycles. The van der Waals surface area contributed by atoms with Gasteiger partial charge in [0, 0.05) is 6.04 Å². The minimum Gasteiger partial charge on any atom is -0.335 e. The first-order valence-electron chi connectivity index (χ1n) is 3.68. The maximum atomic E-state index is 11.1. The number of anilines is 1. The van der Waals surface area contributed by atoms with E-state index in [2.05, 4.69) is 20.8 Å². The largest absolute Gasteiger partial charge is 0.335 e. The Labute approximate surface area is 73.2 Å². The lowest BCUT2D eigenvalue weighted by Crippen LogP contribution is -2.30. The molecule has 1 aliphatic carbocycles. The number of urea groups is 1. The van der Waals surface area contributed by atoms with Crippen LogP contribution < -0.4 is 10.6 Å². The van der Waals surface area contributed by atoms with Crippen LogP contribution in [0.3, 0.4) is 0 Å². The molecule has 64 valence electrons. The molecular weight excluding hydrogens is 176 g/mol. The van der Waals surface area contributed by atoms with Gasteiger partial charge in [-0.15, -0.1) is 10.2 Å². The molecule has 1 heterocycles. The van der Waals surface area contributed by atoms with Crippen molar-refractivity contribution in [2.24, 2.45) is 0 Å². The second kappa shape index (κ2) is 3.06. The molecule has 0 spiro atoms. The molecule has 0 unspecified atom stereocenters. The summed E-state index contributed by atoms with van der Waals surface area (Å²) in [5.41, 5.74) is 1.58. The molecule has 1 aliphatic rings. The predicted molar refractivity (Wildman–Crippen MR) is 45.1 cm³/mol. The van der Waals surface area contributed by atoms with E-state index in [4.69, 9.17) is 0 Å². The standard InChI is InChI=1S/C6H8N4OS/c11-5(8-4-1-2-4)9-6-10-7-3-12-6/h3-4H,1-2H2,(H2,8,9,10,11). The SMILES string of the molecule is O=C(Nc1nncs1)NC1CC1. The number of carbonyl (C=O) groups excluding carboxylic acids is 1. The van der Waals surface area contributed by atoms with Gasteiger partial charge in [-0.25, -0.2) is 4.79 Å². The number of rotatable bonds is 2. The van der Waals surface area contributed by atoms with Crippen LogP contribution in [0.1, 0.15) is 12.8 Å². The van der Waals surface area contributed by atoms with Crippen LogP contribution in [0.15, 0.2) is 5.51 Å². The van der Waals surface area contributed by atoms with E-state index < -0.39 is 0 Å². The van der Waals surface area contributed by atoms with Gasteiger partial charge < -0.3 is 5.32 Å². The Kier molecular flexibility index (Phi) is 1.91. The first kappa shape index (κ1) is 7.48. The number of aromatic nitrogens is 2. The Morgan fingerprint density at radius 2 is 2.50 bits per heavy atom. The third-order valence-corrected chi connectivity index (χ3v) is 2.10. The summed E-state index contributed by atoms with van der Waals surface area (Å²) in [6, 6.07) is 0.187. The van der Waals surface area contributed by atoms with Crippen LogP contribution in [0.2, 0.25) is 0 Å². The molecule has 1 aromatic rings. The Hall–Kier alpha value is -1.17. The van der Waals surface area contributed by atoms with Crippen molar-refractivity contribution in [3.8, 4) is 0 Å².